The van der Waals surface area contributed by atoms with Gasteiger partial charge in [0.25, 0.3) is 0 Å². The molecule has 2 unspecified atom stereocenters. The van der Waals surface area contributed by atoms with Crippen molar-refractivity contribution in [1.82, 2.24) is 5.43 Å². The summed E-state index contributed by atoms with van der Waals surface area (Å²) < 4.78 is 0. The van der Waals surface area contributed by atoms with Crippen LogP contribution >= 0.6 is 0 Å². The second kappa shape index (κ2) is 5.07. The van der Waals surface area contributed by atoms with Gasteiger partial charge in [-0.15, -0.1) is 0 Å². The van der Waals surface area contributed by atoms with Crippen LogP contribution in [0.1, 0.15) is 32.6 Å². The van der Waals surface area contributed by atoms with Gasteiger partial charge in [0, 0.05) is 6.54 Å². The summed E-state index contributed by atoms with van der Waals surface area (Å²) in [7, 11) is 0. The fourth-order valence-corrected chi connectivity index (χ4v) is 2.00. The van der Waals surface area contributed by atoms with Crippen molar-refractivity contribution in [1.29, 1.82) is 0 Å². The Morgan fingerprint density at radius 2 is 2.31 bits per heavy atom. The number of aliphatic imine (C=N–C) groups is 1. The SMILES string of the molecule is CC1CCCC(CN=C(N)NN)C1. The lowest BCUT2D eigenvalue weighted by Gasteiger charge is -2.25. The summed E-state index contributed by atoms with van der Waals surface area (Å²) in [6.45, 7) is 3.13. The summed E-state index contributed by atoms with van der Waals surface area (Å²) in [4.78, 5) is 4.16. The van der Waals surface area contributed by atoms with Crippen molar-refractivity contribution in [3.8, 4) is 0 Å². The van der Waals surface area contributed by atoms with E-state index in [1.165, 1.54) is 25.7 Å². The lowest BCUT2D eigenvalue weighted by molar-refractivity contribution is 0.289. The van der Waals surface area contributed by atoms with Crippen molar-refractivity contribution in [3.05, 3.63) is 0 Å². The van der Waals surface area contributed by atoms with E-state index < -0.39 is 0 Å². The molecule has 5 N–H and O–H groups in total. The van der Waals surface area contributed by atoms with Crippen molar-refractivity contribution in [2.75, 3.05) is 6.54 Å². The normalized spacial score (nSPS) is 30.2. The lowest BCUT2D eigenvalue weighted by atomic mass is 9.82. The van der Waals surface area contributed by atoms with Crippen LogP contribution in [0.3, 0.4) is 0 Å². The van der Waals surface area contributed by atoms with Gasteiger partial charge in [-0.05, 0) is 24.7 Å². The predicted molar refractivity (Wildman–Crippen MR) is 54.9 cm³/mol. The number of guanidine groups is 1. The maximum atomic E-state index is 5.44. The molecule has 1 aliphatic carbocycles. The molecule has 0 heterocycles. The van der Waals surface area contributed by atoms with Crippen molar-refractivity contribution in [2.24, 2.45) is 28.4 Å². The number of nitrogens with two attached hydrogens (primary N) is 2. The third-order valence-electron chi connectivity index (χ3n) is 2.71. The number of rotatable bonds is 2. The first-order valence-corrected chi connectivity index (χ1v) is 4.99. The van der Waals surface area contributed by atoms with E-state index >= 15 is 0 Å². The Bertz CT molecular complexity index is 178. The van der Waals surface area contributed by atoms with Crippen LogP contribution in [0.5, 0.6) is 0 Å². The highest BCUT2D eigenvalue weighted by atomic mass is 15.3. The number of hydrogen-bond donors (Lipinski definition) is 3. The molecule has 13 heavy (non-hydrogen) atoms. The van der Waals surface area contributed by atoms with E-state index in [0.717, 1.165) is 12.5 Å². The minimum absolute atomic E-state index is 0.346. The highest BCUT2D eigenvalue weighted by Crippen LogP contribution is 2.28. The molecular weight excluding hydrogens is 164 g/mol. The first-order valence-electron chi connectivity index (χ1n) is 4.99. The maximum Gasteiger partial charge on any atom is 0.203 e. The average Bonchev–Trinajstić information content (AvgIpc) is 2.14. The van der Waals surface area contributed by atoms with Gasteiger partial charge < -0.3 is 5.73 Å². The molecule has 0 radical (unpaired) electrons. The molecule has 4 nitrogen and oxygen atoms in total. The van der Waals surface area contributed by atoms with Crippen LogP contribution in [-0.2, 0) is 0 Å². The molecule has 76 valence electrons. The molecule has 0 aliphatic heterocycles. The highest BCUT2D eigenvalue weighted by Gasteiger charge is 2.18. The Hall–Kier alpha value is -0.770. The van der Waals surface area contributed by atoms with Crippen molar-refractivity contribution in [3.63, 3.8) is 0 Å². The van der Waals surface area contributed by atoms with Gasteiger partial charge >= 0.3 is 0 Å². The van der Waals surface area contributed by atoms with Crippen molar-refractivity contribution in [2.45, 2.75) is 32.6 Å². The molecule has 4 heteroatoms. The molecule has 2 atom stereocenters. The van der Waals surface area contributed by atoms with Gasteiger partial charge in [0.15, 0.2) is 0 Å². The quantitative estimate of drug-likeness (QED) is 0.254. The van der Waals surface area contributed by atoms with Gasteiger partial charge in [-0.1, -0.05) is 19.8 Å². The standard InChI is InChI=1S/C9H20N4/c1-7-3-2-4-8(5-7)6-12-9(10)13-11/h7-8H,2-6,11H2,1H3,(H3,10,12,13). The molecule has 1 fully saturated rings. The zero-order chi connectivity index (χ0) is 9.68. The molecule has 1 saturated carbocycles. The summed E-state index contributed by atoms with van der Waals surface area (Å²) in [6.07, 6.45) is 5.26. The van der Waals surface area contributed by atoms with Gasteiger partial charge in [-0.2, -0.15) is 0 Å². The molecule has 0 saturated heterocycles. The Labute approximate surface area is 79.7 Å². The molecule has 0 bridgehead atoms. The third-order valence-corrected chi connectivity index (χ3v) is 2.71. The lowest BCUT2D eigenvalue weighted by Crippen LogP contribution is -2.37. The molecule has 1 aliphatic rings. The Balaban J connectivity index is 2.28. The first kappa shape index (κ1) is 10.3. The summed E-state index contributed by atoms with van der Waals surface area (Å²) in [5.41, 5.74) is 7.78. The number of nitrogens with one attached hydrogen (secondary N) is 1. The zero-order valence-corrected chi connectivity index (χ0v) is 8.29. The molecule has 0 aromatic rings. The molecule has 0 spiro atoms. The number of hydrazine groups is 1. The second-order valence-electron chi connectivity index (χ2n) is 4.01. The zero-order valence-electron chi connectivity index (χ0n) is 8.29. The Kier molecular flexibility index (Phi) is 4.02. The van der Waals surface area contributed by atoms with E-state index in [1.54, 1.807) is 0 Å². The summed E-state index contributed by atoms with van der Waals surface area (Å²) in [5.74, 6) is 7.01. The van der Waals surface area contributed by atoms with Gasteiger partial charge in [0.1, 0.15) is 0 Å². The molecule has 0 amide bonds. The average molecular weight is 184 g/mol. The fourth-order valence-electron chi connectivity index (χ4n) is 2.00. The summed E-state index contributed by atoms with van der Waals surface area (Å²) in [5, 5.41) is 0. The van der Waals surface area contributed by atoms with E-state index in [0.29, 0.717) is 11.9 Å². The second-order valence-corrected chi connectivity index (χ2v) is 4.01. The smallest absolute Gasteiger partial charge is 0.203 e. The minimum Gasteiger partial charge on any atom is -0.369 e. The van der Waals surface area contributed by atoms with Crippen LogP contribution in [-0.4, -0.2) is 12.5 Å². The van der Waals surface area contributed by atoms with Crippen molar-refractivity contribution < 1.29 is 0 Å². The third kappa shape index (κ3) is 3.63. The van der Waals surface area contributed by atoms with Crippen LogP contribution in [0.2, 0.25) is 0 Å². The minimum atomic E-state index is 0.346. The number of nitrogens with zero attached hydrogens (tertiary/aromatic N) is 1. The Morgan fingerprint density at radius 3 is 2.92 bits per heavy atom. The van der Waals surface area contributed by atoms with Gasteiger partial charge in [-0.3, -0.25) is 10.4 Å². The van der Waals surface area contributed by atoms with Crippen molar-refractivity contribution >= 4 is 5.96 Å². The highest BCUT2D eigenvalue weighted by molar-refractivity contribution is 5.77. The van der Waals surface area contributed by atoms with Crippen LogP contribution in [0, 0.1) is 11.8 Å². The predicted octanol–water partition coefficient (Wildman–Crippen LogP) is 0.591. The summed E-state index contributed by atoms with van der Waals surface area (Å²) in [6, 6.07) is 0. The van der Waals surface area contributed by atoms with E-state index in [-0.39, 0.29) is 0 Å². The van der Waals surface area contributed by atoms with Crippen LogP contribution < -0.4 is 17.0 Å². The van der Waals surface area contributed by atoms with Gasteiger partial charge in [0.2, 0.25) is 5.96 Å². The first-order chi connectivity index (χ1) is 6.22. The van der Waals surface area contributed by atoms with E-state index in [4.69, 9.17) is 11.6 Å². The topological polar surface area (TPSA) is 76.4 Å². The summed E-state index contributed by atoms with van der Waals surface area (Å²) >= 11 is 0. The fraction of sp³-hybridized carbons (Fsp3) is 0.889. The van der Waals surface area contributed by atoms with E-state index in [2.05, 4.69) is 17.3 Å². The van der Waals surface area contributed by atoms with Gasteiger partial charge in [0.05, 0.1) is 0 Å². The maximum absolute atomic E-state index is 5.44. The Morgan fingerprint density at radius 1 is 1.54 bits per heavy atom. The van der Waals surface area contributed by atoms with E-state index in [1.807, 2.05) is 0 Å². The van der Waals surface area contributed by atoms with Crippen LogP contribution in [0.15, 0.2) is 4.99 Å². The number of hydrogen-bond acceptors (Lipinski definition) is 2. The van der Waals surface area contributed by atoms with Crippen LogP contribution in [0.25, 0.3) is 0 Å². The molecule has 1 rings (SSSR count). The molecule has 0 aromatic carbocycles. The largest absolute Gasteiger partial charge is 0.369 e. The molecular formula is C9H20N4. The van der Waals surface area contributed by atoms with Gasteiger partial charge in [-0.25, -0.2) is 5.84 Å². The molecule has 0 aromatic heterocycles. The van der Waals surface area contributed by atoms with Crippen LogP contribution in [0.4, 0.5) is 0 Å². The van der Waals surface area contributed by atoms with E-state index in [9.17, 15) is 0 Å². The monoisotopic (exact) mass is 184 g/mol.